The number of aliphatic hydroxyl groups is 3. The van der Waals surface area contributed by atoms with Crippen LogP contribution in [0, 0.1) is 5.41 Å². The highest BCUT2D eigenvalue weighted by Crippen LogP contribution is 2.21. The number of aliphatic hydroxyl groups excluding tert-OH is 3. The summed E-state index contributed by atoms with van der Waals surface area (Å²) in [7, 11) is 0. The number of aliphatic carboxylic acids is 3. The van der Waals surface area contributed by atoms with E-state index in [4.69, 9.17) is 49.2 Å². The number of carbonyl (C=O) groups excluding carboxylic acids is 3. The molecule has 0 unspecified atom stereocenters. The predicted molar refractivity (Wildman–Crippen MR) is 176 cm³/mol. The lowest BCUT2D eigenvalue weighted by atomic mass is 9.92. The average Bonchev–Trinajstić information content (AvgIpc) is 3.06. The highest BCUT2D eigenvalue weighted by molar-refractivity contribution is 5.88. The zero-order valence-electron chi connectivity index (χ0n) is 28.2. The number of hydrogen-bond acceptors (Lipinski definition) is 14. The Bertz CT molecular complexity index is 951. The second kappa shape index (κ2) is 35.9. The quantitative estimate of drug-likeness (QED) is 0.0448. The van der Waals surface area contributed by atoms with Gasteiger partial charge in [0, 0.05) is 34.9 Å². The molecule has 0 spiro atoms. The van der Waals surface area contributed by atoms with Crippen molar-refractivity contribution in [2.24, 2.45) is 5.41 Å². The maximum absolute atomic E-state index is 11.6. The van der Waals surface area contributed by atoms with Gasteiger partial charge in [-0.05, 0) is 20.8 Å². The van der Waals surface area contributed by atoms with E-state index in [0.717, 1.165) is 18.2 Å². The Kier molecular flexibility index (Phi) is 39.2. The molecule has 17 heteroatoms. The fourth-order valence-electron chi connectivity index (χ4n) is 1.74. The lowest BCUT2D eigenvalue weighted by molar-refractivity contribution is -0.160. The smallest absolute Gasteiger partial charge is 0.333 e. The Balaban J connectivity index is -0.000000209. The Labute approximate surface area is 285 Å². The zero-order chi connectivity index (χ0) is 39.4. The summed E-state index contributed by atoms with van der Waals surface area (Å²) in [6.07, 6.45) is 2.50. The molecule has 0 aliphatic rings. The SMILES string of the molecule is C=C(C)C(=O)OCC(CO)(COC(=O)C(=C)C)COC(=O)C(=C)C.C=CC(=O)O.C=CC(=O)O.C=CC(=O)O.OCCOCCOCCO. The van der Waals surface area contributed by atoms with Crippen LogP contribution in [0.15, 0.2) is 74.4 Å². The fraction of sp³-hybridized carbons (Fsp3) is 0.438. The molecular weight excluding hydrogens is 656 g/mol. The predicted octanol–water partition coefficient (Wildman–Crippen LogP) is 1.10. The van der Waals surface area contributed by atoms with Gasteiger partial charge in [-0.3, -0.25) is 0 Å². The van der Waals surface area contributed by atoms with Gasteiger partial charge in [0.1, 0.15) is 19.8 Å². The zero-order valence-corrected chi connectivity index (χ0v) is 28.2. The third kappa shape index (κ3) is 43.1. The van der Waals surface area contributed by atoms with Crippen LogP contribution in [0.3, 0.4) is 0 Å². The first kappa shape index (κ1) is 53.5. The number of carboxylic acids is 3. The molecule has 0 aliphatic carbocycles. The van der Waals surface area contributed by atoms with Crippen molar-refractivity contribution in [3.63, 3.8) is 0 Å². The molecule has 0 atom stereocenters. The van der Waals surface area contributed by atoms with Crippen LogP contribution in [0.5, 0.6) is 0 Å². The van der Waals surface area contributed by atoms with Crippen LogP contribution in [-0.2, 0) is 52.5 Å². The van der Waals surface area contributed by atoms with Gasteiger partial charge in [0.25, 0.3) is 0 Å². The van der Waals surface area contributed by atoms with Gasteiger partial charge in [-0.1, -0.05) is 39.5 Å². The van der Waals surface area contributed by atoms with E-state index in [2.05, 4.69) is 39.5 Å². The van der Waals surface area contributed by atoms with Crippen molar-refractivity contribution in [2.75, 3.05) is 66.1 Å². The van der Waals surface area contributed by atoms with Crippen molar-refractivity contribution in [2.45, 2.75) is 20.8 Å². The minimum atomic E-state index is -1.30. The molecule has 0 radical (unpaired) electrons. The summed E-state index contributed by atoms with van der Waals surface area (Å²) in [6, 6.07) is 0. The molecule has 0 saturated heterocycles. The van der Waals surface area contributed by atoms with Crippen LogP contribution in [0.2, 0.25) is 0 Å². The maximum atomic E-state index is 11.6. The van der Waals surface area contributed by atoms with Crippen molar-refractivity contribution in [1.29, 1.82) is 0 Å². The molecular formula is C32H50O17. The Hall–Kier alpha value is -4.94. The first-order valence-electron chi connectivity index (χ1n) is 13.8. The summed E-state index contributed by atoms with van der Waals surface area (Å²) in [5.41, 5.74) is -0.805. The van der Waals surface area contributed by atoms with E-state index in [1.54, 1.807) is 0 Å². The highest BCUT2D eigenvalue weighted by Gasteiger charge is 2.35. The van der Waals surface area contributed by atoms with Crippen LogP contribution in [0.1, 0.15) is 20.8 Å². The standard InChI is InChI=1S/C17H24O7.C6H14O4.3C3H4O2/c1-11(2)14(19)22-8-17(7-18,9-23-15(20)12(3)4)10-24-16(21)13(5)6;7-1-3-9-5-6-10-4-2-8;3*1-2-3(4)5/h18H,1,3,5,7-10H2,2,4,6H3;7-8H,1-6H2;3*2H,1H2,(H,4,5). The molecule has 0 aromatic heterocycles. The Morgan fingerprint density at radius 1 is 0.531 bits per heavy atom. The van der Waals surface area contributed by atoms with Crippen LogP contribution in [0.25, 0.3) is 0 Å². The van der Waals surface area contributed by atoms with E-state index < -0.39 is 47.8 Å². The summed E-state index contributed by atoms with van der Waals surface area (Å²) < 4.78 is 24.8. The summed E-state index contributed by atoms with van der Waals surface area (Å²) in [6.45, 7) is 23.8. The van der Waals surface area contributed by atoms with Crippen molar-refractivity contribution in [1.82, 2.24) is 0 Å². The number of rotatable bonds is 20. The number of ether oxygens (including phenoxy) is 5. The van der Waals surface area contributed by atoms with E-state index in [9.17, 15) is 33.9 Å². The van der Waals surface area contributed by atoms with Gasteiger partial charge in [0.15, 0.2) is 0 Å². The summed E-state index contributed by atoms with van der Waals surface area (Å²) >= 11 is 0. The van der Waals surface area contributed by atoms with E-state index >= 15 is 0 Å². The topological polar surface area (TPSA) is 270 Å². The molecule has 0 heterocycles. The Morgan fingerprint density at radius 3 is 0.898 bits per heavy atom. The van der Waals surface area contributed by atoms with E-state index in [-0.39, 0.29) is 49.8 Å². The van der Waals surface area contributed by atoms with Crippen molar-refractivity contribution in [3.8, 4) is 0 Å². The third-order valence-electron chi connectivity index (χ3n) is 4.28. The minimum Gasteiger partial charge on any atom is -0.478 e. The van der Waals surface area contributed by atoms with Gasteiger partial charge < -0.3 is 54.3 Å². The van der Waals surface area contributed by atoms with Crippen LogP contribution in [-0.4, -0.2) is 133 Å². The van der Waals surface area contributed by atoms with E-state index in [1.807, 2.05) is 0 Å². The second-order valence-corrected chi connectivity index (χ2v) is 9.03. The molecule has 0 aromatic carbocycles. The van der Waals surface area contributed by atoms with E-state index in [0.29, 0.717) is 26.4 Å². The molecule has 280 valence electrons. The normalized spacial score (nSPS) is 9.18. The van der Waals surface area contributed by atoms with Crippen molar-refractivity contribution >= 4 is 35.8 Å². The lowest BCUT2D eigenvalue weighted by Gasteiger charge is -2.30. The monoisotopic (exact) mass is 706 g/mol. The number of esters is 3. The largest absolute Gasteiger partial charge is 0.478 e. The third-order valence-corrected chi connectivity index (χ3v) is 4.28. The number of carboxylic acid groups (broad SMARTS) is 3. The molecule has 0 aliphatic heterocycles. The average molecular weight is 707 g/mol. The minimum absolute atomic E-state index is 0.0417. The summed E-state index contributed by atoms with van der Waals surface area (Å²) in [5.74, 6) is -4.97. The molecule has 17 nitrogen and oxygen atoms in total. The molecule has 49 heavy (non-hydrogen) atoms. The van der Waals surface area contributed by atoms with Gasteiger partial charge in [-0.15, -0.1) is 0 Å². The van der Waals surface area contributed by atoms with Crippen molar-refractivity contribution < 1.29 is 83.1 Å². The van der Waals surface area contributed by atoms with Gasteiger partial charge >= 0.3 is 35.8 Å². The van der Waals surface area contributed by atoms with Gasteiger partial charge in [0.05, 0.1) is 51.7 Å². The molecule has 0 amide bonds. The molecule has 0 rings (SSSR count). The van der Waals surface area contributed by atoms with Crippen LogP contribution in [0.4, 0.5) is 0 Å². The number of hydrogen-bond donors (Lipinski definition) is 6. The van der Waals surface area contributed by atoms with Crippen molar-refractivity contribution in [3.05, 3.63) is 74.4 Å². The van der Waals surface area contributed by atoms with Gasteiger partial charge in [-0.2, -0.15) is 0 Å². The molecule has 0 fully saturated rings. The molecule has 0 bridgehead atoms. The molecule has 0 aromatic rings. The van der Waals surface area contributed by atoms with Crippen LogP contribution >= 0.6 is 0 Å². The first-order chi connectivity index (χ1) is 22.8. The molecule has 0 saturated carbocycles. The lowest BCUT2D eigenvalue weighted by Crippen LogP contribution is -2.42. The highest BCUT2D eigenvalue weighted by atomic mass is 16.6. The maximum Gasteiger partial charge on any atom is 0.333 e. The van der Waals surface area contributed by atoms with E-state index in [1.165, 1.54) is 20.8 Å². The van der Waals surface area contributed by atoms with Crippen LogP contribution < -0.4 is 0 Å². The summed E-state index contributed by atoms with van der Waals surface area (Å²) in [5, 5.41) is 49.0. The Morgan fingerprint density at radius 2 is 0.755 bits per heavy atom. The second-order valence-electron chi connectivity index (χ2n) is 9.03. The van der Waals surface area contributed by atoms with Gasteiger partial charge in [-0.25, -0.2) is 28.8 Å². The molecule has 6 N–H and O–H groups in total. The van der Waals surface area contributed by atoms with Gasteiger partial charge in [0.2, 0.25) is 0 Å². The number of carbonyl (C=O) groups is 6. The fourth-order valence-corrected chi connectivity index (χ4v) is 1.74. The summed E-state index contributed by atoms with van der Waals surface area (Å²) in [4.78, 5) is 62.4. The first-order valence-corrected chi connectivity index (χ1v) is 13.8.